The molecule has 1 saturated heterocycles. The normalized spacial score (nSPS) is 15.9. The Bertz CT molecular complexity index is 1150. The number of hydrogen-bond acceptors (Lipinski definition) is 7. The summed E-state index contributed by atoms with van der Waals surface area (Å²) in [6, 6.07) is 7.82. The summed E-state index contributed by atoms with van der Waals surface area (Å²) >= 11 is 5.88. The average Bonchev–Trinajstić information content (AvgIpc) is 2.80. The van der Waals surface area contributed by atoms with Gasteiger partial charge in [0.1, 0.15) is 5.02 Å². The van der Waals surface area contributed by atoms with Gasteiger partial charge in [-0.05, 0) is 43.2 Å². The van der Waals surface area contributed by atoms with E-state index in [1.54, 1.807) is 24.4 Å². The number of ether oxygens (including phenoxy) is 1. The Labute approximate surface area is 188 Å². The molecule has 32 heavy (non-hydrogen) atoms. The van der Waals surface area contributed by atoms with Crippen LogP contribution in [-0.4, -0.2) is 50.2 Å². The first-order valence-corrected chi connectivity index (χ1v) is 10.2. The van der Waals surface area contributed by atoms with Gasteiger partial charge in [-0.3, -0.25) is 0 Å². The van der Waals surface area contributed by atoms with Crippen LogP contribution in [0.4, 0.5) is 20.8 Å². The molecular formula is C21H20ClFN6O3. The third kappa shape index (κ3) is 4.65. The zero-order valence-electron chi connectivity index (χ0n) is 16.8. The number of hydrogen-bond donors (Lipinski definition) is 3. The maximum atomic E-state index is 14.4. The van der Waals surface area contributed by atoms with Crippen molar-refractivity contribution in [3.8, 4) is 22.9 Å². The number of nitrogen functional groups attached to an aromatic ring is 1. The second kappa shape index (κ2) is 9.23. The third-order valence-corrected chi connectivity index (χ3v) is 5.40. The van der Waals surface area contributed by atoms with Crippen molar-refractivity contribution in [1.29, 1.82) is 0 Å². The molecule has 2 aromatic heterocycles. The lowest BCUT2D eigenvalue weighted by Crippen LogP contribution is -2.44. The molecule has 0 spiro atoms. The molecule has 0 aliphatic carbocycles. The lowest BCUT2D eigenvalue weighted by molar-refractivity contribution is 0.132. The average molecular weight is 459 g/mol. The van der Waals surface area contributed by atoms with Crippen molar-refractivity contribution in [3.63, 3.8) is 0 Å². The molecule has 0 bridgehead atoms. The molecule has 9 nitrogen and oxygen atoms in total. The number of nitrogens with one attached hydrogen (secondary N) is 1. The predicted molar refractivity (Wildman–Crippen MR) is 117 cm³/mol. The number of benzene rings is 1. The Balaban J connectivity index is 1.58. The standard InChI is InChI=1S/C21H20ClFN6O3/c22-17-14(24)5-6-16(18(17)23)32-19-13(4-1-8-25-19)15-7-9-26-20(28-15)27-12-3-2-10-29(11-12)21(30)31/h1,4-9,12H,2-3,10-11,24H2,(H,30,31)(H,26,27,28)/t12-/m0/s1. The number of likely N-dealkylation sites (tertiary alicyclic amines) is 1. The van der Waals surface area contributed by atoms with E-state index in [1.165, 1.54) is 23.2 Å². The van der Waals surface area contributed by atoms with Crippen molar-refractivity contribution in [2.45, 2.75) is 18.9 Å². The van der Waals surface area contributed by atoms with Crippen molar-refractivity contribution in [2.24, 2.45) is 0 Å². The summed E-state index contributed by atoms with van der Waals surface area (Å²) in [7, 11) is 0. The second-order valence-electron chi connectivity index (χ2n) is 7.22. The van der Waals surface area contributed by atoms with Crippen LogP contribution in [0.5, 0.6) is 11.6 Å². The van der Waals surface area contributed by atoms with Gasteiger partial charge in [-0.2, -0.15) is 0 Å². The highest BCUT2D eigenvalue weighted by atomic mass is 35.5. The topological polar surface area (TPSA) is 126 Å². The van der Waals surface area contributed by atoms with Crippen molar-refractivity contribution in [3.05, 3.63) is 53.6 Å². The highest BCUT2D eigenvalue weighted by Crippen LogP contribution is 2.35. The second-order valence-corrected chi connectivity index (χ2v) is 7.59. The third-order valence-electron chi connectivity index (χ3n) is 5.01. The number of carbonyl (C=O) groups is 1. The molecule has 4 N–H and O–H groups in total. The largest absolute Gasteiger partial charge is 0.465 e. The lowest BCUT2D eigenvalue weighted by Gasteiger charge is -2.31. The molecule has 0 unspecified atom stereocenters. The maximum Gasteiger partial charge on any atom is 0.407 e. The van der Waals surface area contributed by atoms with Crippen LogP contribution >= 0.6 is 11.6 Å². The summed E-state index contributed by atoms with van der Waals surface area (Å²) in [5.74, 6) is -0.427. The molecule has 1 aliphatic rings. The van der Waals surface area contributed by atoms with Crippen molar-refractivity contribution < 1.29 is 19.0 Å². The van der Waals surface area contributed by atoms with Crippen LogP contribution in [0.15, 0.2) is 42.7 Å². The number of pyridine rings is 1. The molecule has 166 valence electrons. The minimum Gasteiger partial charge on any atom is -0.465 e. The summed E-state index contributed by atoms with van der Waals surface area (Å²) in [6.07, 6.45) is 3.69. The summed E-state index contributed by atoms with van der Waals surface area (Å²) in [5, 5.41) is 12.2. The first kappa shape index (κ1) is 21.6. The Kier molecular flexibility index (Phi) is 6.22. The smallest absolute Gasteiger partial charge is 0.407 e. The summed E-state index contributed by atoms with van der Waals surface area (Å²) in [6.45, 7) is 0.859. The molecule has 1 fully saturated rings. The highest BCUT2D eigenvalue weighted by molar-refractivity contribution is 6.33. The Hall–Kier alpha value is -3.66. The molecule has 1 atom stereocenters. The summed E-state index contributed by atoms with van der Waals surface area (Å²) < 4.78 is 20.1. The number of rotatable bonds is 5. The van der Waals surface area contributed by atoms with Crippen LogP contribution in [-0.2, 0) is 0 Å². The number of carboxylic acid groups (broad SMARTS) is 1. The van der Waals surface area contributed by atoms with Crippen LogP contribution in [0, 0.1) is 5.82 Å². The van der Waals surface area contributed by atoms with Crippen molar-refractivity contribution in [2.75, 3.05) is 24.1 Å². The van der Waals surface area contributed by atoms with Crippen LogP contribution in [0.25, 0.3) is 11.3 Å². The number of piperidine rings is 1. The maximum absolute atomic E-state index is 14.4. The quantitative estimate of drug-likeness (QED) is 0.484. The minimum absolute atomic E-state index is 0.105. The van der Waals surface area contributed by atoms with E-state index in [1.807, 2.05) is 0 Å². The van der Waals surface area contributed by atoms with E-state index in [-0.39, 0.29) is 28.4 Å². The van der Waals surface area contributed by atoms with Gasteiger partial charge in [0.05, 0.1) is 16.9 Å². The van der Waals surface area contributed by atoms with Gasteiger partial charge in [0.2, 0.25) is 11.8 Å². The van der Waals surface area contributed by atoms with Gasteiger partial charge in [-0.1, -0.05) is 11.6 Å². The minimum atomic E-state index is -0.946. The molecule has 1 aromatic carbocycles. The number of nitrogens with two attached hydrogens (primary N) is 1. The van der Waals surface area contributed by atoms with E-state index in [9.17, 15) is 14.3 Å². The lowest BCUT2D eigenvalue weighted by atomic mass is 10.1. The number of aromatic nitrogens is 3. The molecule has 3 heterocycles. The fourth-order valence-electron chi connectivity index (χ4n) is 3.43. The Morgan fingerprint density at radius 3 is 2.94 bits per heavy atom. The molecule has 0 saturated carbocycles. The summed E-state index contributed by atoms with van der Waals surface area (Å²) in [5.41, 5.74) is 6.74. The van der Waals surface area contributed by atoms with Gasteiger partial charge in [-0.25, -0.2) is 24.1 Å². The van der Waals surface area contributed by atoms with Gasteiger partial charge in [0.25, 0.3) is 0 Å². The van der Waals surface area contributed by atoms with Crippen LogP contribution in [0.2, 0.25) is 5.02 Å². The SMILES string of the molecule is Nc1ccc(Oc2ncccc2-c2ccnc(N[C@H]3CCCN(C(=O)O)C3)n2)c(F)c1Cl. The molecular weight excluding hydrogens is 439 g/mol. The molecule has 0 radical (unpaired) electrons. The van der Waals surface area contributed by atoms with Gasteiger partial charge in [0.15, 0.2) is 11.6 Å². The summed E-state index contributed by atoms with van der Waals surface area (Å²) in [4.78, 5) is 25.6. The molecule has 11 heteroatoms. The number of anilines is 2. The van der Waals surface area contributed by atoms with Gasteiger partial charge in [0, 0.05) is 31.5 Å². The molecule has 3 aromatic rings. The number of halogens is 2. The van der Waals surface area contributed by atoms with E-state index in [2.05, 4.69) is 20.3 Å². The van der Waals surface area contributed by atoms with Crippen LogP contribution in [0.1, 0.15) is 12.8 Å². The molecule has 4 rings (SSSR count). The van der Waals surface area contributed by atoms with E-state index in [0.29, 0.717) is 30.3 Å². The van der Waals surface area contributed by atoms with E-state index >= 15 is 0 Å². The fraction of sp³-hybridized carbons (Fsp3) is 0.238. The highest BCUT2D eigenvalue weighted by Gasteiger charge is 2.24. The van der Waals surface area contributed by atoms with E-state index < -0.39 is 11.9 Å². The van der Waals surface area contributed by atoms with Crippen molar-refractivity contribution in [1.82, 2.24) is 19.9 Å². The fourth-order valence-corrected chi connectivity index (χ4v) is 3.58. The predicted octanol–water partition coefficient (Wildman–Crippen LogP) is 4.26. The zero-order chi connectivity index (χ0) is 22.7. The Morgan fingerprint density at radius 1 is 1.28 bits per heavy atom. The van der Waals surface area contributed by atoms with Gasteiger partial charge in [-0.15, -0.1) is 0 Å². The zero-order valence-corrected chi connectivity index (χ0v) is 17.6. The van der Waals surface area contributed by atoms with Gasteiger partial charge >= 0.3 is 6.09 Å². The first-order chi connectivity index (χ1) is 15.4. The molecule has 1 aliphatic heterocycles. The van der Waals surface area contributed by atoms with Gasteiger partial charge < -0.3 is 25.8 Å². The van der Waals surface area contributed by atoms with Crippen LogP contribution < -0.4 is 15.8 Å². The van der Waals surface area contributed by atoms with Crippen LogP contribution in [0.3, 0.4) is 0 Å². The monoisotopic (exact) mass is 458 g/mol. The number of nitrogens with zero attached hydrogens (tertiary/aromatic N) is 4. The first-order valence-electron chi connectivity index (χ1n) is 9.86. The molecule has 1 amide bonds. The van der Waals surface area contributed by atoms with Crippen molar-refractivity contribution >= 4 is 29.3 Å². The Morgan fingerprint density at radius 2 is 2.12 bits per heavy atom. The van der Waals surface area contributed by atoms with E-state index in [4.69, 9.17) is 22.1 Å². The number of amides is 1. The van der Waals surface area contributed by atoms with E-state index in [0.717, 1.165) is 12.8 Å².